The molecule has 0 spiro atoms. The second-order valence-corrected chi connectivity index (χ2v) is 4.82. The smallest absolute Gasteiger partial charge is 0.330 e. The van der Waals surface area contributed by atoms with Gasteiger partial charge in [-0.15, -0.1) is 0 Å². The molecule has 0 aromatic rings. The number of nitrogens with zero attached hydrogens (tertiary/aromatic N) is 1. The molecule has 3 heteroatoms. The van der Waals surface area contributed by atoms with Gasteiger partial charge in [0.1, 0.15) is 0 Å². The van der Waals surface area contributed by atoms with Gasteiger partial charge >= 0.3 is 5.97 Å². The first-order valence-electron chi connectivity index (χ1n) is 5.63. The van der Waals surface area contributed by atoms with Crippen LogP contribution in [0.1, 0.15) is 19.8 Å². The quantitative estimate of drug-likeness (QED) is 0.208. The van der Waals surface area contributed by atoms with Gasteiger partial charge in [-0.05, 0) is 6.92 Å². The molecule has 0 aliphatic heterocycles. The molecule has 0 saturated carbocycles. The summed E-state index contributed by atoms with van der Waals surface area (Å²) in [6.45, 7) is 11.8. The largest absolute Gasteiger partial charge is 0.462 e. The van der Waals surface area contributed by atoms with Gasteiger partial charge in [-0.3, -0.25) is 0 Å². The van der Waals surface area contributed by atoms with Crippen molar-refractivity contribution in [2.75, 3.05) is 33.8 Å². The van der Waals surface area contributed by atoms with E-state index in [4.69, 9.17) is 4.74 Å². The Balaban J connectivity index is 3.69. The maximum atomic E-state index is 10.8. The standard InChI is InChI=1S/C13H24NO2/c1-6-13(15)16-11-7-9-14(4,5)10-8-12(2)3/h6H,1-2,7-11H2,3-5H3/q+1. The van der Waals surface area contributed by atoms with Crippen molar-refractivity contribution in [2.24, 2.45) is 0 Å². The molecule has 0 atom stereocenters. The van der Waals surface area contributed by atoms with Crippen molar-refractivity contribution < 1.29 is 14.0 Å². The second kappa shape index (κ2) is 7.23. The van der Waals surface area contributed by atoms with Crippen molar-refractivity contribution in [1.82, 2.24) is 0 Å². The monoisotopic (exact) mass is 226 g/mol. The van der Waals surface area contributed by atoms with E-state index in [9.17, 15) is 4.79 Å². The molecule has 16 heavy (non-hydrogen) atoms. The summed E-state index contributed by atoms with van der Waals surface area (Å²) in [6.07, 6.45) is 3.11. The Morgan fingerprint density at radius 3 is 2.50 bits per heavy atom. The predicted octanol–water partition coefficient (Wildman–Crippen LogP) is 2.15. The molecular weight excluding hydrogens is 202 g/mol. The first kappa shape index (κ1) is 14.9. The van der Waals surface area contributed by atoms with Gasteiger partial charge in [0, 0.05) is 18.9 Å². The van der Waals surface area contributed by atoms with Gasteiger partial charge in [-0.2, -0.15) is 0 Å². The SMILES string of the molecule is C=CC(=O)OCCC[N+](C)(C)CCC(=C)C. The number of carbonyl (C=O) groups is 1. The molecule has 0 heterocycles. The molecule has 0 radical (unpaired) electrons. The topological polar surface area (TPSA) is 26.3 Å². The van der Waals surface area contributed by atoms with Crippen LogP contribution >= 0.6 is 0 Å². The van der Waals surface area contributed by atoms with Crippen LogP contribution in [-0.4, -0.2) is 44.2 Å². The zero-order chi connectivity index (χ0) is 12.6. The molecule has 0 amide bonds. The van der Waals surface area contributed by atoms with E-state index in [1.807, 2.05) is 6.92 Å². The molecule has 3 nitrogen and oxygen atoms in total. The van der Waals surface area contributed by atoms with Crippen LogP contribution in [0.5, 0.6) is 0 Å². The van der Waals surface area contributed by atoms with Crippen molar-refractivity contribution in [3.63, 3.8) is 0 Å². The molecule has 92 valence electrons. The Labute approximate surface area is 99.0 Å². The molecule has 0 saturated heterocycles. The molecule has 0 aromatic heterocycles. The lowest BCUT2D eigenvalue weighted by molar-refractivity contribution is -0.890. The second-order valence-electron chi connectivity index (χ2n) is 4.82. The van der Waals surface area contributed by atoms with Gasteiger partial charge in [0.05, 0.1) is 33.8 Å². The number of ether oxygens (including phenoxy) is 1. The van der Waals surface area contributed by atoms with E-state index in [-0.39, 0.29) is 5.97 Å². The van der Waals surface area contributed by atoms with Gasteiger partial charge in [-0.25, -0.2) is 4.79 Å². The van der Waals surface area contributed by atoms with Crippen molar-refractivity contribution in [3.05, 3.63) is 24.8 Å². The fraction of sp³-hybridized carbons (Fsp3) is 0.615. The van der Waals surface area contributed by atoms with Gasteiger partial charge in [0.2, 0.25) is 0 Å². The summed E-state index contributed by atoms with van der Waals surface area (Å²) in [4.78, 5) is 10.8. The van der Waals surface area contributed by atoms with Gasteiger partial charge in [0.25, 0.3) is 0 Å². The Morgan fingerprint density at radius 2 is 2.00 bits per heavy atom. The number of hydrogen-bond acceptors (Lipinski definition) is 2. The van der Waals surface area contributed by atoms with E-state index in [1.54, 1.807) is 0 Å². The molecule has 0 aliphatic rings. The van der Waals surface area contributed by atoms with Crippen LogP contribution in [0.25, 0.3) is 0 Å². The first-order chi connectivity index (χ1) is 7.37. The van der Waals surface area contributed by atoms with Crippen molar-refractivity contribution in [1.29, 1.82) is 0 Å². The Morgan fingerprint density at radius 1 is 1.38 bits per heavy atom. The minimum atomic E-state index is -0.341. The third kappa shape index (κ3) is 8.24. The van der Waals surface area contributed by atoms with Crippen molar-refractivity contribution >= 4 is 5.97 Å². The van der Waals surface area contributed by atoms with E-state index in [0.29, 0.717) is 6.61 Å². The average molecular weight is 226 g/mol. The third-order valence-corrected chi connectivity index (χ3v) is 2.46. The lowest BCUT2D eigenvalue weighted by atomic mass is 10.2. The fourth-order valence-electron chi connectivity index (χ4n) is 1.33. The van der Waals surface area contributed by atoms with Crippen LogP contribution in [0.4, 0.5) is 0 Å². The minimum Gasteiger partial charge on any atom is -0.462 e. The lowest BCUT2D eigenvalue weighted by Gasteiger charge is -2.29. The highest BCUT2D eigenvalue weighted by molar-refractivity contribution is 5.81. The number of carbonyl (C=O) groups excluding carboxylic acids is 1. The zero-order valence-corrected chi connectivity index (χ0v) is 10.8. The van der Waals surface area contributed by atoms with Crippen molar-refractivity contribution in [3.8, 4) is 0 Å². The summed E-state index contributed by atoms with van der Waals surface area (Å²) in [7, 11) is 4.36. The summed E-state index contributed by atoms with van der Waals surface area (Å²) in [5.41, 5.74) is 1.21. The Hall–Kier alpha value is -1.09. The van der Waals surface area contributed by atoms with E-state index in [1.165, 1.54) is 11.6 Å². The molecule has 0 bridgehead atoms. The molecule has 0 fully saturated rings. The van der Waals surface area contributed by atoms with Crippen LogP contribution < -0.4 is 0 Å². The summed E-state index contributed by atoms with van der Waals surface area (Å²) < 4.78 is 5.86. The number of rotatable bonds is 8. The van der Waals surface area contributed by atoms with Crippen LogP contribution in [-0.2, 0) is 9.53 Å². The minimum absolute atomic E-state index is 0.341. The maximum Gasteiger partial charge on any atom is 0.330 e. The van der Waals surface area contributed by atoms with E-state index in [2.05, 4.69) is 27.3 Å². The van der Waals surface area contributed by atoms with E-state index < -0.39 is 0 Å². The predicted molar refractivity (Wildman–Crippen MR) is 67.0 cm³/mol. The van der Waals surface area contributed by atoms with Crippen LogP contribution in [0.3, 0.4) is 0 Å². The van der Waals surface area contributed by atoms with Gasteiger partial charge in [0.15, 0.2) is 0 Å². The Bertz CT molecular complexity index is 257. The maximum absolute atomic E-state index is 10.8. The van der Waals surface area contributed by atoms with Gasteiger partial charge in [-0.1, -0.05) is 18.7 Å². The van der Waals surface area contributed by atoms with Crippen LogP contribution in [0, 0.1) is 0 Å². The molecular formula is C13H24NO2+. The summed E-state index contributed by atoms with van der Waals surface area (Å²) in [6, 6.07) is 0. The highest BCUT2D eigenvalue weighted by Gasteiger charge is 2.14. The summed E-state index contributed by atoms with van der Waals surface area (Å²) in [5.74, 6) is -0.341. The van der Waals surface area contributed by atoms with E-state index in [0.717, 1.165) is 30.4 Å². The highest BCUT2D eigenvalue weighted by atomic mass is 16.5. The third-order valence-electron chi connectivity index (χ3n) is 2.46. The molecule has 0 aromatic carbocycles. The first-order valence-corrected chi connectivity index (χ1v) is 5.63. The number of hydrogen-bond donors (Lipinski definition) is 0. The highest BCUT2D eigenvalue weighted by Crippen LogP contribution is 2.05. The Kier molecular flexibility index (Phi) is 6.74. The zero-order valence-electron chi connectivity index (χ0n) is 10.8. The average Bonchev–Trinajstić information content (AvgIpc) is 2.21. The normalized spacial score (nSPS) is 10.9. The molecule has 0 unspecified atom stereocenters. The summed E-state index contributed by atoms with van der Waals surface area (Å²) >= 11 is 0. The van der Waals surface area contributed by atoms with Crippen LogP contribution in [0.15, 0.2) is 24.8 Å². The number of esters is 1. The van der Waals surface area contributed by atoms with E-state index >= 15 is 0 Å². The fourth-order valence-corrected chi connectivity index (χ4v) is 1.33. The molecule has 0 N–H and O–H groups in total. The van der Waals surface area contributed by atoms with Crippen LogP contribution in [0.2, 0.25) is 0 Å². The molecule has 0 rings (SSSR count). The number of quaternary nitrogens is 1. The molecule has 0 aliphatic carbocycles. The van der Waals surface area contributed by atoms with Gasteiger partial charge < -0.3 is 9.22 Å². The lowest BCUT2D eigenvalue weighted by Crippen LogP contribution is -2.41. The van der Waals surface area contributed by atoms with Crippen molar-refractivity contribution in [2.45, 2.75) is 19.8 Å². The summed E-state index contributed by atoms with van der Waals surface area (Å²) in [5, 5.41) is 0.